The summed E-state index contributed by atoms with van der Waals surface area (Å²) in [6.45, 7) is 0. The average Bonchev–Trinajstić information content (AvgIpc) is 2.85. The Morgan fingerprint density at radius 2 is 2.05 bits per heavy atom. The topological polar surface area (TPSA) is 67.1 Å². The summed E-state index contributed by atoms with van der Waals surface area (Å²) in [6.07, 6.45) is 3.47. The molecule has 1 aromatic carbocycles. The van der Waals surface area contributed by atoms with E-state index in [2.05, 4.69) is 25.8 Å². The molecule has 0 bridgehead atoms. The van der Waals surface area contributed by atoms with Crippen molar-refractivity contribution >= 4 is 34.7 Å². The number of aromatic nitrogens is 4. The van der Waals surface area contributed by atoms with Crippen LogP contribution in [-0.4, -0.2) is 26.6 Å². The minimum atomic E-state index is 0.601. The highest BCUT2D eigenvalue weighted by molar-refractivity contribution is 6.33. The van der Waals surface area contributed by atoms with Gasteiger partial charge in [0.05, 0.1) is 10.7 Å². The molecule has 0 fully saturated rings. The maximum absolute atomic E-state index is 6.11. The molecular formula is C12H11ClN6. The number of para-hydroxylation sites is 1. The summed E-state index contributed by atoms with van der Waals surface area (Å²) in [5.41, 5.74) is 1.41. The molecule has 0 aliphatic rings. The Labute approximate surface area is 114 Å². The molecule has 0 saturated carbocycles. The molecule has 7 heteroatoms. The fourth-order valence-electron chi connectivity index (χ4n) is 1.78. The van der Waals surface area contributed by atoms with E-state index in [-0.39, 0.29) is 0 Å². The monoisotopic (exact) mass is 274 g/mol. The van der Waals surface area contributed by atoms with E-state index >= 15 is 0 Å². The fourth-order valence-corrected chi connectivity index (χ4v) is 1.96. The molecule has 3 aromatic rings. The summed E-state index contributed by atoms with van der Waals surface area (Å²) in [6, 6.07) is 7.46. The normalized spacial score (nSPS) is 10.6. The van der Waals surface area contributed by atoms with Gasteiger partial charge in [0.2, 0.25) is 11.6 Å². The first kappa shape index (κ1) is 11.7. The molecule has 96 valence electrons. The Balaban J connectivity index is 2.06. The van der Waals surface area contributed by atoms with Crippen molar-refractivity contribution in [3.63, 3.8) is 0 Å². The predicted octanol–water partition coefficient (Wildman–Crippen LogP) is 2.56. The first-order valence-electron chi connectivity index (χ1n) is 5.68. The third kappa shape index (κ3) is 2.06. The van der Waals surface area contributed by atoms with Crippen molar-refractivity contribution in [2.24, 2.45) is 0 Å². The summed E-state index contributed by atoms with van der Waals surface area (Å²) < 4.78 is 1.81. The standard InChI is InChI=1S/C12H11ClN6/c1-14-12-18-17-11-10(15-6-7-19(11)12)16-9-5-3-2-4-8(9)13/h2-7H,1H3,(H,14,18)(H,15,16). The van der Waals surface area contributed by atoms with Crippen LogP contribution >= 0.6 is 11.6 Å². The van der Waals surface area contributed by atoms with Crippen molar-refractivity contribution in [3.8, 4) is 0 Å². The largest absolute Gasteiger partial charge is 0.357 e. The van der Waals surface area contributed by atoms with Gasteiger partial charge in [0.15, 0.2) is 5.82 Å². The van der Waals surface area contributed by atoms with E-state index in [0.717, 1.165) is 5.69 Å². The number of benzene rings is 1. The van der Waals surface area contributed by atoms with Crippen LogP contribution in [0.2, 0.25) is 5.02 Å². The molecule has 0 amide bonds. The molecule has 2 N–H and O–H groups in total. The summed E-state index contributed by atoms with van der Waals surface area (Å²) in [5, 5.41) is 14.9. The maximum atomic E-state index is 6.11. The second-order valence-corrected chi connectivity index (χ2v) is 4.26. The number of rotatable bonds is 3. The summed E-state index contributed by atoms with van der Waals surface area (Å²) in [7, 11) is 1.79. The molecule has 0 atom stereocenters. The Bertz CT molecular complexity index is 723. The van der Waals surface area contributed by atoms with E-state index in [4.69, 9.17) is 11.6 Å². The van der Waals surface area contributed by atoms with E-state index in [0.29, 0.717) is 22.4 Å². The lowest BCUT2D eigenvalue weighted by Crippen LogP contribution is -2.00. The van der Waals surface area contributed by atoms with Crippen LogP contribution in [0.1, 0.15) is 0 Å². The molecule has 2 heterocycles. The molecular weight excluding hydrogens is 264 g/mol. The van der Waals surface area contributed by atoms with E-state index < -0.39 is 0 Å². The van der Waals surface area contributed by atoms with Crippen LogP contribution in [0.3, 0.4) is 0 Å². The number of anilines is 3. The van der Waals surface area contributed by atoms with Crippen molar-refractivity contribution in [1.82, 2.24) is 19.6 Å². The van der Waals surface area contributed by atoms with Gasteiger partial charge in [-0.15, -0.1) is 10.2 Å². The van der Waals surface area contributed by atoms with Gasteiger partial charge in [-0.25, -0.2) is 4.98 Å². The van der Waals surface area contributed by atoms with Gasteiger partial charge in [-0.1, -0.05) is 23.7 Å². The molecule has 19 heavy (non-hydrogen) atoms. The van der Waals surface area contributed by atoms with Gasteiger partial charge in [0, 0.05) is 19.4 Å². The molecule has 0 saturated heterocycles. The fraction of sp³-hybridized carbons (Fsp3) is 0.0833. The zero-order chi connectivity index (χ0) is 13.2. The van der Waals surface area contributed by atoms with Gasteiger partial charge in [-0.2, -0.15) is 0 Å². The van der Waals surface area contributed by atoms with Crippen LogP contribution in [0.4, 0.5) is 17.5 Å². The van der Waals surface area contributed by atoms with E-state index in [1.165, 1.54) is 0 Å². The summed E-state index contributed by atoms with van der Waals surface area (Å²) in [5.74, 6) is 1.25. The van der Waals surface area contributed by atoms with Crippen LogP contribution in [0.25, 0.3) is 5.65 Å². The molecule has 6 nitrogen and oxygen atoms in total. The highest BCUT2D eigenvalue weighted by Gasteiger charge is 2.10. The first-order chi connectivity index (χ1) is 9.29. The second-order valence-electron chi connectivity index (χ2n) is 3.85. The van der Waals surface area contributed by atoms with Crippen LogP contribution in [0.15, 0.2) is 36.7 Å². The molecule has 2 aromatic heterocycles. The van der Waals surface area contributed by atoms with Gasteiger partial charge in [-0.3, -0.25) is 4.40 Å². The van der Waals surface area contributed by atoms with Crippen LogP contribution in [-0.2, 0) is 0 Å². The number of nitrogens with zero attached hydrogens (tertiary/aromatic N) is 4. The van der Waals surface area contributed by atoms with Crippen molar-refractivity contribution in [2.45, 2.75) is 0 Å². The summed E-state index contributed by atoms with van der Waals surface area (Å²) in [4.78, 5) is 4.27. The Kier molecular flexibility index (Phi) is 2.92. The van der Waals surface area contributed by atoms with Gasteiger partial charge in [0.1, 0.15) is 0 Å². The first-order valence-corrected chi connectivity index (χ1v) is 6.06. The molecule has 0 aliphatic carbocycles. The number of fused-ring (bicyclic) bond motifs is 1. The quantitative estimate of drug-likeness (QED) is 0.768. The maximum Gasteiger partial charge on any atom is 0.228 e. The molecule has 0 spiro atoms. The van der Waals surface area contributed by atoms with Gasteiger partial charge in [-0.05, 0) is 12.1 Å². The Morgan fingerprint density at radius 3 is 2.84 bits per heavy atom. The average molecular weight is 275 g/mol. The Hall–Kier alpha value is -2.34. The number of hydrogen-bond acceptors (Lipinski definition) is 5. The predicted molar refractivity (Wildman–Crippen MR) is 75.1 cm³/mol. The highest BCUT2D eigenvalue weighted by atomic mass is 35.5. The zero-order valence-corrected chi connectivity index (χ0v) is 10.9. The molecule has 3 rings (SSSR count). The highest BCUT2D eigenvalue weighted by Crippen LogP contribution is 2.25. The zero-order valence-electron chi connectivity index (χ0n) is 10.1. The lowest BCUT2D eigenvalue weighted by atomic mass is 10.3. The lowest BCUT2D eigenvalue weighted by molar-refractivity contribution is 1.09. The smallest absolute Gasteiger partial charge is 0.228 e. The number of halogens is 1. The van der Waals surface area contributed by atoms with Crippen molar-refractivity contribution in [2.75, 3.05) is 17.7 Å². The minimum Gasteiger partial charge on any atom is -0.357 e. The van der Waals surface area contributed by atoms with Gasteiger partial charge < -0.3 is 10.6 Å². The van der Waals surface area contributed by atoms with Crippen molar-refractivity contribution in [3.05, 3.63) is 41.7 Å². The van der Waals surface area contributed by atoms with Crippen molar-refractivity contribution < 1.29 is 0 Å². The Morgan fingerprint density at radius 1 is 1.21 bits per heavy atom. The van der Waals surface area contributed by atoms with Crippen LogP contribution in [0, 0.1) is 0 Å². The minimum absolute atomic E-state index is 0.601. The SMILES string of the molecule is CNc1nnc2c(Nc3ccccc3Cl)nccn12. The lowest BCUT2D eigenvalue weighted by Gasteiger charge is -2.07. The number of nitrogens with one attached hydrogen (secondary N) is 2. The van der Waals surface area contributed by atoms with E-state index in [1.54, 1.807) is 19.4 Å². The third-order valence-corrected chi connectivity index (χ3v) is 3.01. The van der Waals surface area contributed by atoms with Gasteiger partial charge >= 0.3 is 0 Å². The molecule has 0 radical (unpaired) electrons. The third-order valence-electron chi connectivity index (χ3n) is 2.68. The van der Waals surface area contributed by atoms with E-state index in [1.807, 2.05) is 28.7 Å². The summed E-state index contributed by atoms with van der Waals surface area (Å²) >= 11 is 6.11. The van der Waals surface area contributed by atoms with Crippen molar-refractivity contribution in [1.29, 1.82) is 0 Å². The van der Waals surface area contributed by atoms with E-state index in [9.17, 15) is 0 Å². The van der Waals surface area contributed by atoms with Crippen LogP contribution < -0.4 is 10.6 Å². The second kappa shape index (κ2) is 4.74. The van der Waals surface area contributed by atoms with Gasteiger partial charge in [0.25, 0.3) is 0 Å². The number of hydrogen-bond donors (Lipinski definition) is 2. The van der Waals surface area contributed by atoms with Crippen LogP contribution in [0.5, 0.6) is 0 Å². The molecule has 0 unspecified atom stereocenters. The molecule has 0 aliphatic heterocycles.